The Morgan fingerprint density at radius 3 is 2.06 bits per heavy atom. The molecule has 0 aliphatic heterocycles. The lowest BCUT2D eigenvalue weighted by Gasteiger charge is -2.25. The van der Waals surface area contributed by atoms with Gasteiger partial charge in [-0.15, -0.1) is 0 Å². The van der Waals surface area contributed by atoms with E-state index in [0.29, 0.717) is 17.8 Å². The monoisotopic (exact) mass is 436 g/mol. The minimum atomic E-state index is 0.579. The quantitative estimate of drug-likeness (QED) is 0.263. The number of hydrogen-bond donors (Lipinski definition) is 0. The molecule has 33 heavy (non-hydrogen) atoms. The van der Waals surface area contributed by atoms with E-state index < -0.39 is 0 Å². The highest BCUT2D eigenvalue weighted by atomic mass is 14.2. The molecular formula is C33H40. The van der Waals surface area contributed by atoms with Crippen molar-refractivity contribution in [2.75, 3.05) is 0 Å². The van der Waals surface area contributed by atoms with Crippen LogP contribution < -0.4 is 0 Å². The van der Waals surface area contributed by atoms with Gasteiger partial charge < -0.3 is 0 Å². The van der Waals surface area contributed by atoms with E-state index in [2.05, 4.69) is 106 Å². The lowest BCUT2D eigenvalue weighted by Crippen LogP contribution is -2.11. The van der Waals surface area contributed by atoms with Crippen LogP contribution in [0, 0.1) is 0 Å². The van der Waals surface area contributed by atoms with Gasteiger partial charge in [0, 0.05) is 0 Å². The highest BCUT2D eigenvalue weighted by Gasteiger charge is 2.20. The molecule has 0 fully saturated rings. The van der Waals surface area contributed by atoms with E-state index in [1.165, 1.54) is 61.6 Å². The maximum absolute atomic E-state index is 2.52. The van der Waals surface area contributed by atoms with Crippen LogP contribution in [-0.2, 0) is 12.8 Å². The zero-order chi connectivity index (χ0) is 23.0. The molecule has 172 valence electrons. The Kier molecular flexibility index (Phi) is 8.21. The molecule has 1 aliphatic carbocycles. The Morgan fingerprint density at radius 2 is 1.45 bits per heavy atom. The number of benzene rings is 3. The van der Waals surface area contributed by atoms with Gasteiger partial charge in [-0.05, 0) is 97.4 Å². The Labute approximate surface area is 201 Å². The van der Waals surface area contributed by atoms with E-state index >= 15 is 0 Å². The summed E-state index contributed by atoms with van der Waals surface area (Å²) in [5.74, 6) is 1.82. The fourth-order valence-corrected chi connectivity index (χ4v) is 5.46. The molecule has 3 atom stereocenters. The molecule has 0 heteroatoms. The van der Waals surface area contributed by atoms with Gasteiger partial charge in [0.2, 0.25) is 0 Å². The summed E-state index contributed by atoms with van der Waals surface area (Å²) >= 11 is 0. The Hall–Kier alpha value is -2.60. The van der Waals surface area contributed by atoms with Gasteiger partial charge in [0.1, 0.15) is 0 Å². The number of fused-ring (bicyclic) bond motifs is 1. The molecule has 4 rings (SSSR count). The van der Waals surface area contributed by atoms with Gasteiger partial charge in [0.25, 0.3) is 0 Å². The maximum Gasteiger partial charge on any atom is -0.0127 e. The second-order valence-corrected chi connectivity index (χ2v) is 10.1. The van der Waals surface area contributed by atoms with Crippen molar-refractivity contribution in [1.29, 1.82) is 0 Å². The molecule has 0 nitrogen and oxygen atoms in total. The van der Waals surface area contributed by atoms with Crippen LogP contribution in [-0.4, -0.2) is 0 Å². The fraction of sp³-hybridized carbons (Fsp3) is 0.394. The summed E-state index contributed by atoms with van der Waals surface area (Å²) in [6.45, 7) is 7.05. The summed E-state index contributed by atoms with van der Waals surface area (Å²) in [6, 6.07) is 29.4. The van der Waals surface area contributed by atoms with Crippen molar-refractivity contribution in [3.05, 3.63) is 118 Å². The molecule has 3 aromatic rings. The van der Waals surface area contributed by atoms with E-state index in [1.54, 1.807) is 16.7 Å². The Morgan fingerprint density at radius 1 is 0.788 bits per heavy atom. The summed E-state index contributed by atoms with van der Waals surface area (Å²) in [5.41, 5.74) is 9.19. The van der Waals surface area contributed by atoms with Gasteiger partial charge in [-0.1, -0.05) is 104 Å². The lowest BCUT2D eigenvalue weighted by molar-refractivity contribution is 0.526. The predicted octanol–water partition coefficient (Wildman–Crippen LogP) is 9.37. The summed E-state index contributed by atoms with van der Waals surface area (Å²) in [5, 5.41) is 0. The number of allylic oxidation sites excluding steroid dienone is 2. The van der Waals surface area contributed by atoms with Crippen molar-refractivity contribution in [2.45, 2.75) is 83.5 Å². The van der Waals surface area contributed by atoms with Crippen molar-refractivity contribution in [3.63, 3.8) is 0 Å². The second kappa shape index (κ2) is 11.5. The standard InChI is InChI=1S/C33H40/c1-4-27(29-15-9-6-10-16-29)22-25(2)12-11-17-31(23-26(3)28-13-7-5-8-14-28)33-21-19-30-18-20-32(30)24-33/h5-10,12-16,19,21,24,26-27,31H,4,11,17-18,20,22-23H2,1-3H3. The Bertz CT molecular complexity index is 1030. The highest BCUT2D eigenvalue weighted by molar-refractivity contribution is 5.40. The predicted molar refractivity (Wildman–Crippen MR) is 143 cm³/mol. The molecule has 3 unspecified atom stereocenters. The normalized spacial score (nSPS) is 15.9. The highest BCUT2D eigenvalue weighted by Crippen LogP contribution is 2.36. The summed E-state index contributed by atoms with van der Waals surface area (Å²) in [7, 11) is 0. The van der Waals surface area contributed by atoms with Crippen LogP contribution in [0.1, 0.15) is 98.4 Å². The third kappa shape index (κ3) is 6.26. The van der Waals surface area contributed by atoms with E-state index in [-0.39, 0.29) is 0 Å². The van der Waals surface area contributed by atoms with E-state index in [0.717, 1.165) is 0 Å². The van der Waals surface area contributed by atoms with Gasteiger partial charge >= 0.3 is 0 Å². The van der Waals surface area contributed by atoms with Gasteiger partial charge in [0.15, 0.2) is 0 Å². The molecule has 0 bridgehead atoms. The first-order chi connectivity index (χ1) is 16.1. The minimum Gasteiger partial charge on any atom is -0.0856 e. The third-order valence-electron chi connectivity index (χ3n) is 7.71. The van der Waals surface area contributed by atoms with Crippen LogP contribution in [0.3, 0.4) is 0 Å². The molecule has 0 spiro atoms. The molecule has 3 aromatic carbocycles. The minimum absolute atomic E-state index is 0.579. The summed E-state index contributed by atoms with van der Waals surface area (Å²) < 4.78 is 0. The van der Waals surface area contributed by atoms with Crippen LogP contribution in [0.2, 0.25) is 0 Å². The summed E-state index contributed by atoms with van der Waals surface area (Å²) in [6.07, 6.45) is 11.0. The van der Waals surface area contributed by atoms with Gasteiger partial charge in [-0.2, -0.15) is 0 Å². The van der Waals surface area contributed by atoms with Crippen LogP contribution in [0.25, 0.3) is 0 Å². The van der Waals surface area contributed by atoms with Gasteiger partial charge in [0.05, 0.1) is 0 Å². The van der Waals surface area contributed by atoms with Crippen LogP contribution in [0.5, 0.6) is 0 Å². The molecule has 0 radical (unpaired) electrons. The van der Waals surface area contributed by atoms with Crippen LogP contribution in [0.15, 0.2) is 90.5 Å². The average Bonchev–Trinajstić information content (AvgIpc) is 2.84. The molecular weight excluding hydrogens is 396 g/mol. The van der Waals surface area contributed by atoms with Crippen molar-refractivity contribution >= 4 is 0 Å². The van der Waals surface area contributed by atoms with E-state index in [4.69, 9.17) is 0 Å². The van der Waals surface area contributed by atoms with Crippen LogP contribution >= 0.6 is 0 Å². The zero-order valence-corrected chi connectivity index (χ0v) is 20.8. The van der Waals surface area contributed by atoms with E-state index in [9.17, 15) is 0 Å². The molecule has 0 amide bonds. The first kappa shape index (κ1) is 23.6. The molecule has 0 heterocycles. The lowest BCUT2D eigenvalue weighted by atomic mass is 9.79. The first-order valence-corrected chi connectivity index (χ1v) is 13.0. The average molecular weight is 437 g/mol. The first-order valence-electron chi connectivity index (χ1n) is 13.0. The molecule has 1 aliphatic rings. The molecule has 0 saturated heterocycles. The third-order valence-corrected chi connectivity index (χ3v) is 7.71. The SMILES string of the molecule is CCC(CC(C)=CCCC(CC(C)c1ccccc1)c1ccc2c(c1)CC2)c1ccccc1. The van der Waals surface area contributed by atoms with Crippen molar-refractivity contribution < 1.29 is 0 Å². The van der Waals surface area contributed by atoms with Gasteiger partial charge in [-0.25, -0.2) is 0 Å². The van der Waals surface area contributed by atoms with Crippen molar-refractivity contribution in [1.82, 2.24) is 0 Å². The smallest absolute Gasteiger partial charge is 0.0127 e. The van der Waals surface area contributed by atoms with Crippen molar-refractivity contribution in [3.8, 4) is 0 Å². The zero-order valence-electron chi connectivity index (χ0n) is 20.8. The molecule has 0 aromatic heterocycles. The fourth-order valence-electron chi connectivity index (χ4n) is 5.46. The van der Waals surface area contributed by atoms with E-state index in [1.807, 2.05) is 0 Å². The summed E-state index contributed by atoms with van der Waals surface area (Å²) in [4.78, 5) is 0. The molecule has 0 N–H and O–H groups in total. The topological polar surface area (TPSA) is 0 Å². The van der Waals surface area contributed by atoms with Crippen molar-refractivity contribution in [2.24, 2.45) is 0 Å². The van der Waals surface area contributed by atoms with Crippen LogP contribution in [0.4, 0.5) is 0 Å². The Balaban J connectivity index is 1.42. The largest absolute Gasteiger partial charge is 0.0856 e. The maximum atomic E-state index is 2.52. The number of aryl methyl sites for hydroxylation is 2. The second-order valence-electron chi connectivity index (χ2n) is 10.1. The van der Waals surface area contributed by atoms with Gasteiger partial charge in [-0.3, -0.25) is 0 Å². The number of hydrogen-bond acceptors (Lipinski definition) is 0. The number of rotatable bonds is 11. The molecule has 0 saturated carbocycles.